The third-order valence-corrected chi connectivity index (χ3v) is 4.84. The molecule has 1 N–H and O–H groups in total. The summed E-state index contributed by atoms with van der Waals surface area (Å²) in [5.74, 6) is 3.08. The highest BCUT2D eigenvalue weighted by molar-refractivity contribution is 5.31. The lowest BCUT2D eigenvalue weighted by Crippen LogP contribution is -2.50. The molecule has 2 saturated carbocycles. The molecule has 2 aliphatic carbocycles. The minimum atomic E-state index is 0.236. The van der Waals surface area contributed by atoms with Crippen molar-refractivity contribution in [3.8, 4) is 0 Å². The number of fused-ring (bicyclic) bond motifs is 5. The van der Waals surface area contributed by atoms with E-state index >= 15 is 0 Å². The third-order valence-electron chi connectivity index (χ3n) is 4.84. The molecule has 1 aromatic heterocycles. The molecule has 2 nitrogen and oxygen atoms in total. The number of nitrogens with one attached hydrogen (secondary N) is 1. The second-order valence-corrected chi connectivity index (χ2v) is 5.50. The van der Waals surface area contributed by atoms with Crippen molar-refractivity contribution in [3.05, 3.63) is 23.7 Å². The zero-order chi connectivity index (χ0) is 9.88. The molecular weight excluding hydrogens is 186 g/mol. The van der Waals surface area contributed by atoms with E-state index in [0.29, 0.717) is 0 Å². The molecule has 1 aliphatic heterocycles. The van der Waals surface area contributed by atoms with Crippen LogP contribution in [0.4, 0.5) is 0 Å². The fourth-order valence-corrected chi connectivity index (χ4v) is 4.25. The Labute approximate surface area is 90.0 Å². The highest BCUT2D eigenvalue weighted by Gasteiger charge is 2.55. The van der Waals surface area contributed by atoms with E-state index in [1.807, 2.05) is 6.26 Å². The van der Waals surface area contributed by atoms with Gasteiger partial charge in [-0.15, -0.1) is 0 Å². The Balaban J connectivity index is 1.85. The largest absolute Gasteiger partial charge is 0.467 e. The number of furan rings is 1. The van der Waals surface area contributed by atoms with Gasteiger partial charge >= 0.3 is 0 Å². The molecule has 4 rings (SSSR count). The zero-order valence-electron chi connectivity index (χ0n) is 8.96. The topological polar surface area (TPSA) is 25.2 Å². The summed E-state index contributed by atoms with van der Waals surface area (Å²) >= 11 is 0. The van der Waals surface area contributed by atoms with Gasteiger partial charge < -0.3 is 9.73 Å². The Bertz CT molecular complexity index is 397. The van der Waals surface area contributed by atoms with Gasteiger partial charge in [-0.1, -0.05) is 6.42 Å². The molecule has 3 unspecified atom stereocenters. The molecule has 80 valence electrons. The molecule has 2 fully saturated rings. The predicted octanol–water partition coefficient (Wildman–Crippen LogP) is 2.44. The average molecular weight is 203 g/mol. The van der Waals surface area contributed by atoms with Gasteiger partial charge in [-0.25, -0.2) is 0 Å². The normalized spacial score (nSPS) is 42.4. The summed E-state index contributed by atoms with van der Waals surface area (Å²) in [6.07, 6.45) is 8.61. The van der Waals surface area contributed by atoms with Crippen LogP contribution in [0, 0.1) is 11.8 Å². The number of hydrogen-bond donors (Lipinski definition) is 1. The minimum absolute atomic E-state index is 0.236. The van der Waals surface area contributed by atoms with Crippen LogP contribution in [-0.4, -0.2) is 6.54 Å². The summed E-state index contributed by atoms with van der Waals surface area (Å²) in [7, 11) is 0. The fourth-order valence-electron chi connectivity index (χ4n) is 4.25. The van der Waals surface area contributed by atoms with Crippen molar-refractivity contribution in [2.24, 2.45) is 11.8 Å². The van der Waals surface area contributed by atoms with Crippen molar-refractivity contribution in [3.63, 3.8) is 0 Å². The van der Waals surface area contributed by atoms with Crippen molar-refractivity contribution in [1.29, 1.82) is 0 Å². The molecule has 15 heavy (non-hydrogen) atoms. The molecule has 2 heterocycles. The van der Waals surface area contributed by atoms with E-state index in [9.17, 15) is 0 Å². The zero-order valence-corrected chi connectivity index (χ0v) is 8.96. The number of rotatable bonds is 0. The highest BCUT2D eigenvalue weighted by Crippen LogP contribution is 2.56. The van der Waals surface area contributed by atoms with E-state index in [1.54, 1.807) is 0 Å². The lowest BCUT2D eigenvalue weighted by atomic mass is 9.75. The van der Waals surface area contributed by atoms with Crippen LogP contribution in [0.5, 0.6) is 0 Å². The van der Waals surface area contributed by atoms with E-state index in [2.05, 4.69) is 11.4 Å². The Morgan fingerprint density at radius 3 is 3.20 bits per heavy atom. The molecular formula is C13H17NO. The highest BCUT2D eigenvalue weighted by atomic mass is 16.3. The van der Waals surface area contributed by atoms with Gasteiger partial charge in [0.05, 0.1) is 11.8 Å². The number of hydrogen-bond acceptors (Lipinski definition) is 2. The van der Waals surface area contributed by atoms with Crippen molar-refractivity contribution in [2.75, 3.05) is 6.54 Å². The second kappa shape index (κ2) is 2.67. The minimum Gasteiger partial charge on any atom is -0.467 e. The molecule has 3 atom stereocenters. The Morgan fingerprint density at radius 1 is 1.40 bits per heavy atom. The Morgan fingerprint density at radius 2 is 2.40 bits per heavy atom. The summed E-state index contributed by atoms with van der Waals surface area (Å²) in [5.41, 5.74) is 1.70. The van der Waals surface area contributed by atoms with Crippen LogP contribution in [0.25, 0.3) is 0 Å². The smallest absolute Gasteiger partial charge is 0.127 e. The average Bonchev–Trinajstić information content (AvgIpc) is 2.89. The van der Waals surface area contributed by atoms with Crippen LogP contribution < -0.4 is 5.32 Å². The van der Waals surface area contributed by atoms with Gasteiger partial charge in [0.25, 0.3) is 0 Å². The van der Waals surface area contributed by atoms with E-state index < -0.39 is 0 Å². The monoisotopic (exact) mass is 203 g/mol. The van der Waals surface area contributed by atoms with E-state index in [0.717, 1.165) is 24.8 Å². The SMILES string of the molecule is c1cc2c(o1)C1(CC3CCC1C3)NCC2. The van der Waals surface area contributed by atoms with Crippen LogP contribution in [0.3, 0.4) is 0 Å². The maximum Gasteiger partial charge on any atom is 0.127 e. The summed E-state index contributed by atoms with van der Waals surface area (Å²) < 4.78 is 5.78. The van der Waals surface area contributed by atoms with E-state index in [1.165, 1.54) is 37.0 Å². The maximum absolute atomic E-state index is 5.78. The van der Waals surface area contributed by atoms with Crippen LogP contribution >= 0.6 is 0 Å². The van der Waals surface area contributed by atoms with E-state index in [4.69, 9.17) is 4.42 Å². The molecule has 2 heteroatoms. The fraction of sp³-hybridized carbons (Fsp3) is 0.692. The molecule has 1 spiro atoms. The molecule has 1 aromatic rings. The molecule has 0 amide bonds. The van der Waals surface area contributed by atoms with Gasteiger partial charge in [0, 0.05) is 6.54 Å². The molecule has 0 saturated heterocycles. The molecule has 2 bridgehead atoms. The second-order valence-electron chi connectivity index (χ2n) is 5.50. The van der Waals surface area contributed by atoms with Gasteiger partial charge in [-0.2, -0.15) is 0 Å². The first kappa shape index (κ1) is 8.40. The van der Waals surface area contributed by atoms with Gasteiger partial charge in [0.2, 0.25) is 0 Å². The van der Waals surface area contributed by atoms with Crippen LogP contribution in [0.2, 0.25) is 0 Å². The third kappa shape index (κ3) is 0.938. The Kier molecular flexibility index (Phi) is 1.50. The van der Waals surface area contributed by atoms with Gasteiger partial charge in [0.15, 0.2) is 0 Å². The quantitative estimate of drug-likeness (QED) is 0.700. The summed E-state index contributed by atoms with van der Waals surface area (Å²) in [4.78, 5) is 0. The van der Waals surface area contributed by atoms with Crippen LogP contribution in [0.15, 0.2) is 16.7 Å². The van der Waals surface area contributed by atoms with Crippen molar-refractivity contribution < 1.29 is 4.42 Å². The van der Waals surface area contributed by atoms with Gasteiger partial charge in [-0.3, -0.25) is 0 Å². The van der Waals surface area contributed by atoms with Crippen molar-refractivity contribution in [1.82, 2.24) is 5.32 Å². The first-order valence-corrected chi connectivity index (χ1v) is 6.20. The summed E-state index contributed by atoms with van der Waals surface area (Å²) in [6.45, 7) is 1.13. The molecule has 3 aliphatic rings. The first-order chi connectivity index (χ1) is 7.38. The van der Waals surface area contributed by atoms with Crippen LogP contribution in [-0.2, 0) is 12.0 Å². The van der Waals surface area contributed by atoms with Crippen LogP contribution in [0.1, 0.15) is 37.0 Å². The summed E-state index contributed by atoms with van der Waals surface area (Å²) in [5, 5.41) is 3.77. The lowest BCUT2D eigenvalue weighted by molar-refractivity contribution is 0.162. The van der Waals surface area contributed by atoms with Crippen molar-refractivity contribution >= 4 is 0 Å². The van der Waals surface area contributed by atoms with Gasteiger partial charge in [0.1, 0.15) is 5.76 Å². The Hall–Kier alpha value is -0.760. The standard InChI is InChI=1S/C13H17NO/c1-2-11-7-9(1)8-13(11)12-10(3-5-14-13)4-6-15-12/h4,6,9,11,14H,1-3,5,7-8H2. The maximum atomic E-state index is 5.78. The first-order valence-electron chi connectivity index (χ1n) is 6.20. The molecule has 0 radical (unpaired) electrons. The van der Waals surface area contributed by atoms with Crippen molar-refractivity contribution in [2.45, 2.75) is 37.6 Å². The molecule has 0 aromatic carbocycles. The van der Waals surface area contributed by atoms with E-state index in [-0.39, 0.29) is 5.54 Å². The lowest BCUT2D eigenvalue weighted by Gasteiger charge is -2.40. The predicted molar refractivity (Wildman–Crippen MR) is 57.5 cm³/mol. The van der Waals surface area contributed by atoms with Gasteiger partial charge in [-0.05, 0) is 49.1 Å². The summed E-state index contributed by atoms with van der Waals surface area (Å²) in [6, 6.07) is 2.17.